The van der Waals surface area contributed by atoms with Gasteiger partial charge in [0, 0.05) is 0 Å². The molecule has 2 aliphatic rings. The number of rotatable bonds is 3. The van der Waals surface area contributed by atoms with Crippen LogP contribution in [-0.4, -0.2) is 34.2 Å². The molecule has 2 rings (SSSR count). The van der Waals surface area contributed by atoms with E-state index in [1.54, 1.807) is 0 Å². The highest BCUT2D eigenvalue weighted by Gasteiger charge is 2.56. The van der Waals surface area contributed by atoms with Gasteiger partial charge in [0.05, 0.1) is 22.3 Å². The summed E-state index contributed by atoms with van der Waals surface area (Å²) in [4.78, 5) is 24.8. The molecule has 0 aromatic heterocycles. The molecule has 2 atom stereocenters. The number of hydrogen-bond acceptors (Lipinski definition) is 4. The molecule has 1 saturated carbocycles. The topological polar surface area (TPSA) is 52.6 Å². The Labute approximate surface area is 139 Å². The number of methoxy groups -OCH3 is 2. The van der Waals surface area contributed by atoms with Gasteiger partial charge in [0.1, 0.15) is 0 Å². The molecular weight excluding hydrogens is 308 g/mol. The zero-order valence-corrected chi connectivity index (χ0v) is 16.1. The standard InChI is InChI=1S/C18H28O4Si/c1-12-14-11-18(16(19)21-2,17(20)22-3)10-13(14)8-7-9-15(12)23(4,5)6/h7-8,13,15H,9-11H2,1-6H3/t13-,15-/m1/s1. The van der Waals surface area contributed by atoms with Gasteiger partial charge >= 0.3 is 11.9 Å². The van der Waals surface area contributed by atoms with Crippen molar-refractivity contribution in [2.24, 2.45) is 11.3 Å². The molecule has 0 aliphatic heterocycles. The largest absolute Gasteiger partial charge is 0.468 e. The Morgan fingerprint density at radius 1 is 1.17 bits per heavy atom. The van der Waals surface area contributed by atoms with Crippen molar-refractivity contribution >= 4 is 20.0 Å². The van der Waals surface area contributed by atoms with Gasteiger partial charge in [-0.1, -0.05) is 42.9 Å². The van der Waals surface area contributed by atoms with Gasteiger partial charge in [0.2, 0.25) is 0 Å². The number of carbonyl (C=O) groups excluding carboxylic acids is 2. The van der Waals surface area contributed by atoms with Crippen LogP contribution in [0, 0.1) is 11.3 Å². The van der Waals surface area contributed by atoms with Crippen LogP contribution in [0.5, 0.6) is 0 Å². The Morgan fingerprint density at radius 3 is 2.22 bits per heavy atom. The maximum atomic E-state index is 12.4. The minimum atomic E-state index is -1.37. The third-order valence-corrected chi connectivity index (χ3v) is 8.23. The fourth-order valence-corrected chi connectivity index (χ4v) is 6.54. The summed E-state index contributed by atoms with van der Waals surface area (Å²) < 4.78 is 9.90. The first-order chi connectivity index (χ1) is 10.7. The minimum Gasteiger partial charge on any atom is -0.468 e. The van der Waals surface area contributed by atoms with Crippen LogP contribution < -0.4 is 0 Å². The van der Waals surface area contributed by atoms with Crippen LogP contribution in [0.3, 0.4) is 0 Å². The van der Waals surface area contributed by atoms with Crippen molar-refractivity contribution in [1.82, 2.24) is 0 Å². The molecule has 0 aromatic rings. The summed E-state index contributed by atoms with van der Waals surface area (Å²) in [5.74, 6) is -0.819. The van der Waals surface area contributed by atoms with E-state index in [1.807, 2.05) is 0 Å². The Balaban J connectivity index is 2.50. The predicted molar refractivity (Wildman–Crippen MR) is 92.7 cm³/mol. The summed E-state index contributed by atoms with van der Waals surface area (Å²) in [6.45, 7) is 9.30. The third kappa shape index (κ3) is 3.03. The fraction of sp³-hybridized carbons (Fsp3) is 0.667. The van der Waals surface area contributed by atoms with Gasteiger partial charge in [-0.05, 0) is 37.6 Å². The monoisotopic (exact) mass is 336 g/mol. The lowest BCUT2D eigenvalue weighted by molar-refractivity contribution is -0.168. The van der Waals surface area contributed by atoms with Crippen molar-refractivity contribution in [3.05, 3.63) is 23.3 Å². The summed E-state index contributed by atoms with van der Waals surface area (Å²) in [5, 5.41) is 0. The Hall–Kier alpha value is -1.36. The normalized spacial score (nSPS) is 26.5. The highest BCUT2D eigenvalue weighted by atomic mass is 28.3. The molecule has 5 heteroatoms. The van der Waals surface area contributed by atoms with Gasteiger partial charge < -0.3 is 9.47 Å². The van der Waals surface area contributed by atoms with E-state index in [0.717, 1.165) is 6.42 Å². The first-order valence-electron chi connectivity index (χ1n) is 8.20. The van der Waals surface area contributed by atoms with Gasteiger partial charge in [-0.15, -0.1) is 0 Å². The van der Waals surface area contributed by atoms with E-state index in [4.69, 9.17) is 9.47 Å². The summed E-state index contributed by atoms with van der Waals surface area (Å²) >= 11 is 0. The molecule has 0 heterocycles. The predicted octanol–water partition coefficient (Wildman–Crippen LogP) is 3.71. The average Bonchev–Trinajstić information content (AvgIpc) is 2.82. The number of carbonyl (C=O) groups is 2. The Kier molecular flexibility index (Phi) is 4.90. The molecule has 0 bridgehead atoms. The first-order valence-corrected chi connectivity index (χ1v) is 11.8. The fourth-order valence-electron chi connectivity index (χ4n) is 4.21. The third-order valence-electron chi connectivity index (χ3n) is 5.48. The lowest BCUT2D eigenvalue weighted by Gasteiger charge is -2.30. The number of hydrogen-bond donors (Lipinski definition) is 0. The molecule has 0 radical (unpaired) electrons. The molecule has 128 valence electrons. The van der Waals surface area contributed by atoms with Crippen molar-refractivity contribution in [3.63, 3.8) is 0 Å². The molecule has 0 spiro atoms. The number of fused-ring (bicyclic) bond motifs is 1. The van der Waals surface area contributed by atoms with Crippen molar-refractivity contribution < 1.29 is 19.1 Å². The molecule has 0 unspecified atom stereocenters. The number of allylic oxidation sites excluding steroid dienone is 4. The second kappa shape index (κ2) is 6.27. The quantitative estimate of drug-likeness (QED) is 0.341. The zero-order valence-electron chi connectivity index (χ0n) is 15.1. The molecule has 0 aromatic carbocycles. The summed E-state index contributed by atoms with van der Waals surface area (Å²) in [6.07, 6.45) is 6.34. The highest BCUT2D eigenvalue weighted by molar-refractivity contribution is 6.78. The molecule has 23 heavy (non-hydrogen) atoms. The smallest absolute Gasteiger partial charge is 0.323 e. The van der Waals surface area contributed by atoms with Crippen LogP contribution in [-0.2, 0) is 19.1 Å². The summed E-state index contributed by atoms with van der Waals surface area (Å²) in [5.41, 5.74) is 1.97. The van der Waals surface area contributed by atoms with Gasteiger partial charge in [-0.3, -0.25) is 9.59 Å². The van der Waals surface area contributed by atoms with E-state index in [-0.39, 0.29) is 5.92 Å². The van der Waals surface area contributed by atoms with Crippen molar-refractivity contribution in [2.45, 2.75) is 51.4 Å². The van der Waals surface area contributed by atoms with Gasteiger partial charge in [0.25, 0.3) is 0 Å². The lowest BCUT2D eigenvalue weighted by atomic mass is 9.84. The van der Waals surface area contributed by atoms with E-state index in [1.165, 1.54) is 25.4 Å². The molecule has 0 amide bonds. The SMILES string of the molecule is COC(=O)C1(C(=O)OC)CC2=C(C)[C@H]([Si](C)(C)C)CC=C[C@@H]2C1. The molecular formula is C18H28O4Si. The van der Waals surface area contributed by atoms with Crippen LogP contribution in [0.25, 0.3) is 0 Å². The van der Waals surface area contributed by atoms with E-state index in [2.05, 4.69) is 38.7 Å². The maximum Gasteiger partial charge on any atom is 0.323 e. The molecule has 0 saturated heterocycles. The van der Waals surface area contributed by atoms with E-state index in [0.29, 0.717) is 18.4 Å². The van der Waals surface area contributed by atoms with Gasteiger partial charge in [0.15, 0.2) is 5.41 Å². The number of ether oxygens (including phenoxy) is 2. The summed E-state index contributed by atoms with van der Waals surface area (Å²) in [6, 6.07) is 0. The van der Waals surface area contributed by atoms with Gasteiger partial charge in [-0.2, -0.15) is 0 Å². The van der Waals surface area contributed by atoms with Crippen molar-refractivity contribution in [3.8, 4) is 0 Å². The van der Waals surface area contributed by atoms with E-state index >= 15 is 0 Å². The second-order valence-electron chi connectivity index (χ2n) is 7.84. The lowest BCUT2D eigenvalue weighted by Crippen LogP contribution is -2.39. The van der Waals surface area contributed by atoms with E-state index in [9.17, 15) is 9.59 Å². The van der Waals surface area contributed by atoms with Crippen LogP contribution in [0.1, 0.15) is 26.2 Å². The van der Waals surface area contributed by atoms with Crippen molar-refractivity contribution in [2.75, 3.05) is 14.2 Å². The van der Waals surface area contributed by atoms with Crippen molar-refractivity contribution in [1.29, 1.82) is 0 Å². The minimum absolute atomic E-state index is 0.134. The first kappa shape index (κ1) is 18.0. The van der Waals surface area contributed by atoms with Crippen LogP contribution >= 0.6 is 0 Å². The Bertz CT molecular complexity index is 552. The summed E-state index contributed by atoms with van der Waals surface area (Å²) in [7, 11) is 1.30. The molecule has 4 nitrogen and oxygen atoms in total. The highest BCUT2D eigenvalue weighted by Crippen LogP contribution is 2.52. The average molecular weight is 337 g/mol. The van der Waals surface area contributed by atoms with E-state index < -0.39 is 25.4 Å². The van der Waals surface area contributed by atoms with Crippen LogP contribution in [0.15, 0.2) is 23.3 Å². The maximum absolute atomic E-state index is 12.4. The molecule has 2 aliphatic carbocycles. The zero-order chi connectivity index (χ0) is 17.4. The molecule has 1 fully saturated rings. The second-order valence-corrected chi connectivity index (χ2v) is 13.3. The number of esters is 2. The Morgan fingerprint density at radius 2 is 1.74 bits per heavy atom. The van der Waals surface area contributed by atoms with Crippen LogP contribution in [0.2, 0.25) is 25.2 Å². The molecule has 0 N–H and O–H groups in total. The van der Waals surface area contributed by atoms with Crippen LogP contribution in [0.4, 0.5) is 0 Å². The van der Waals surface area contributed by atoms with Gasteiger partial charge in [-0.25, -0.2) is 0 Å².